The Morgan fingerprint density at radius 1 is 1.27 bits per heavy atom. The molecule has 1 N–H and O–H groups in total. The number of rotatable bonds is 4. The van der Waals surface area contributed by atoms with Gasteiger partial charge in [0.1, 0.15) is 5.70 Å². The molecule has 1 aromatic carbocycles. The lowest BCUT2D eigenvalue weighted by Gasteiger charge is -2.26. The van der Waals surface area contributed by atoms with Gasteiger partial charge in [0.15, 0.2) is 0 Å². The number of hydrogen-bond acceptors (Lipinski definition) is 3. The number of nitro groups is 1. The number of halogens is 3. The van der Waals surface area contributed by atoms with Gasteiger partial charge in [-0.3, -0.25) is 10.1 Å². The molecule has 4 nitrogen and oxygen atoms in total. The van der Waals surface area contributed by atoms with Crippen molar-refractivity contribution in [2.24, 2.45) is 0 Å². The summed E-state index contributed by atoms with van der Waals surface area (Å²) in [5.41, 5.74) is -0.919. The van der Waals surface area contributed by atoms with Crippen LogP contribution in [0, 0.1) is 10.1 Å². The van der Waals surface area contributed by atoms with Crippen LogP contribution in [0.15, 0.2) is 30.0 Å². The summed E-state index contributed by atoms with van der Waals surface area (Å²) in [7, 11) is 0. The zero-order chi connectivity index (χ0) is 16.2. The zero-order valence-electron chi connectivity index (χ0n) is 11.9. The fourth-order valence-electron chi connectivity index (χ4n) is 2.57. The third-order valence-electron chi connectivity index (χ3n) is 3.66. The van der Waals surface area contributed by atoms with Crippen LogP contribution in [0.25, 0.3) is 6.08 Å². The maximum atomic E-state index is 13.2. The monoisotopic (exact) mass is 314 g/mol. The highest BCUT2D eigenvalue weighted by Crippen LogP contribution is 2.29. The summed E-state index contributed by atoms with van der Waals surface area (Å²) in [4.78, 5) is 10.1. The largest absolute Gasteiger partial charge is 0.430 e. The van der Waals surface area contributed by atoms with E-state index in [1.54, 1.807) is 0 Å². The Morgan fingerprint density at radius 3 is 2.55 bits per heavy atom. The molecule has 1 fully saturated rings. The highest BCUT2D eigenvalue weighted by atomic mass is 19.4. The number of non-ortho nitro benzene ring substituents is 1. The Hall–Kier alpha value is -2.05. The topological polar surface area (TPSA) is 55.2 Å². The minimum Gasteiger partial charge on any atom is -0.378 e. The molecular weight excluding hydrogens is 297 g/mol. The lowest BCUT2D eigenvalue weighted by molar-refractivity contribution is -0.384. The Balaban J connectivity index is 2.24. The van der Waals surface area contributed by atoms with Gasteiger partial charge in [-0.1, -0.05) is 31.4 Å². The van der Waals surface area contributed by atoms with E-state index in [1.165, 1.54) is 18.2 Å². The first-order chi connectivity index (χ1) is 10.4. The molecule has 2 rings (SSSR count). The van der Waals surface area contributed by atoms with Crippen LogP contribution in [-0.4, -0.2) is 17.1 Å². The lowest BCUT2D eigenvalue weighted by Crippen LogP contribution is -2.36. The molecule has 0 unspecified atom stereocenters. The molecule has 0 aromatic heterocycles. The number of nitrogens with zero attached hydrogens (tertiary/aromatic N) is 1. The van der Waals surface area contributed by atoms with Crippen LogP contribution < -0.4 is 5.32 Å². The molecule has 1 saturated carbocycles. The van der Waals surface area contributed by atoms with Crippen LogP contribution in [0.2, 0.25) is 0 Å². The average Bonchev–Trinajstić information content (AvgIpc) is 2.47. The van der Waals surface area contributed by atoms with Gasteiger partial charge in [-0.25, -0.2) is 0 Å². The quantitative estimate of drug-likeness (QED) is 0.661. The van der Waals surface area contributed by atoms with E-state index in [0.29, 0.717) is 12.8 Å². The molecule has 1 aliphatic carbocycles. The number of benzene rings is 1. The number of nitro benzene ring substituents is 1. The predicted molar refractivity (Wildman–Crippen MR) is 77.1 cm³/mol. The van der Waals surface area contributed by atoms with E-state index in [0.717, 1.165) is 31.4 Å². The van der Waals surface area contributed by atoms with Gasteiger partial charge in [0, 0.05) is 18.2 Å². The van der Waals surface area contributed by atoms with Crippen molar-refractivity contribution in [1.29, 1.82) is 0 Å². The van der Waals surface area contributed by atoms with Gasteiger partial charge < -0.3 is 5.32 Å². The molecule has 0 spiro atoms. The van der Waals surface area contributed by atoms with E-state index in [-0.39, 0.29) is 17.3 Å². The second-order valence-corrected chi connectivity index (χ2v) is 5.39. The first-order valence-corrected chi connectivity index (χ1v) is 7.16. The molecule has 0 heterocycles. The van der Waals surface area contributed by atoms with E-state index in [9.17, 15) is 23.3 Å². The SMILES string of the molecule is O=[N+]([O-])c1cccc(/C=C(/NC2CCCCC2)C(F)(F)F)c1. The van der Waals surface area contributed by atoms with E-state index < -0.39 is 16.8 Å². The summed E-state index contributed by atoms with van der Waals surface area (Å²) < 4.78 is 39.5. The third kappa shape index (κ3) is 4.47. The van der Waals surface area contributed by atoms with Crippen molar-refractivity contribution < 1.29 is 18.1 Å². The standard InChI is InChI=1S/C15H17F3N2O2/c16-15(17,18)14(19-12-6-2-1-3-7-12)10-11-5-4-8-13(9-11)20(21)22/h4-5,8-10,12,19H,1-3,6-7H2/b14-10+. The Bertz CT molecular complexity index is 564. The summed E-state index contributed by atoms with van der Waals surface area (Å²) in [6, 6.07) is 4.98. The highest BCUT2D eigenvalue weighted by Gasteiger charge is 2.35. The number of allylic oxidation sites excluding steroid dienone is 1. The average molecular weight is 314 g/mol. The van der Waals surface area contributed by atoms with Gasteiger partial charge in [-0.2, -0.15) is 13.2 Å². The Kier molecular flexibility index (Phi) is 5.05. The van der Waals surface area contributed by atoms with Gasteiger partial charge in [0.25, 0.3) is 5.69 Å². The molecule has 0 saturated heterocycles. The third-order valence-corrected chi connectivity index (χ3v) is 3.66. The Morgan fingerprint density at radius 2 is 1.95 bits per heavy atom. The van der Waals surface area contributed by atoms with Crippen LogP contribution in [0.3, 0.4) is 0 Å². The van der Waals surface area contributed by atoms with Gasteiger partial charge in [-0.05, 0) is 24.5 Å². The van der Waals surface area contributed by atoms with E-state index in [4.69, 9.17) is 0 Å². The summed E-state index contributed by atoms with van der Waals surface area (Å²) in [5.74, 6) is 0. The van der Waals surface area contributed by atoms with E-state index in [2.05, 4.69) is 5.32 Å². The molecule has 0 aliphatic heterocycles. The van der Waals surface area contributed by atoms with Crippen LogP contribution in [0.4, 0.5) is 18.9 Å². The number of hydrogen-bond donors (Lipinski definition) is 1. The summed E-state index contributed by atoms with van der Waals surface area (Å²) in [6.07, 6.45) is 0.724. The summed E-state index contributed by atoms with van der Waals surface area (Å²) in [6.45, 7) is 0. The molecule has 1 aromatic rings. The molecule has 0 radical (unpaired) electrons. The first kappa shape index (κ1) is 16.3. The molecule has 120 valence electrons. The molecule has 0 atom stereocenters. The summed E-state index contributed by atoms with van der Waals surface area (Å²) in [5, 5.41) is 13.3. The van der Waals surface area contributed by atoms with Gasteiger partial charge in [-0.15, -0.1) is 0 Å². The fraction of sp³-hybridized carbons (Fsp3) is 0.467. The smallest absolute Gasteiger partial charge is 0.378 e. The molecule has 1 aliphatic rings. The van der Waals surface area contributed by atoms with Crippen molar-refractivity contribution in [3.05, 3.63) is 45.6 Å². The van der Waals surface area contributed by atoms with Crippen molar-refractivity contribution >= 4 is 11.8 Å². The van der Waals surface area contributed by atoms with Crippen molar-refractivity contribution in [2.75, 3.05) is 0 Å². The van der Waals surface area contributed by atoms with Crippen molar-refractivity contribution in [3.8, 4) is 0 Å². The minimum atomic E-state index is -4.51. The predicted octanol–water partition coefficient (Wildman–Crippen LogP) is 4.42. The first-order valence-electron chi connectivity index (χ1n) is 7.16. The maximum absolute atomic E-state index is 13.2. The second kappa shape index (κ2) is 6.81. The van der Waals surface area contributed by atoms with E-state index in [1.807, 2.05) is 0 Å². The van der Waals surface area contributed by atoms with Crippen LogP contribution in [0.1, 0.15) is 37.7 Å². The van der Waals surface area contributed by atoms with Gasteiger partial charge in [0.05, 0.1) is 4.92 Å². The molecule has 7 heteroatoms. The normalized spacial score (nSPS) is 17.3. The van der Waals surface area contributed by atoms with Crippen LogP contribution in [-0.2, 0) is 0 Å². The summed E-state index contributed by atoms with van der Waals surface area (Å²) >= 11 is 0. The fourth-order valence-corrected chi connectivity index (χ4v) is 2.57. The maximum Gasteiger partial charge on any atom is 0.430 e. The van der Waals surface area contributed by atoms with Crippen molar-refractivity contribution in [2.45, 2.75) is 44.3 Å². The Labute approximate surface area is 126 Å². The van der Waals surface area contributed by atoms with Crippen molar-refractivity contribution in [3.63, 3.8) is 0 Å². The highest BCUT2D eigenvalue weighted by molar-refractivity contribution is 5.56. The number of nitrogens with one attached hydrogen (secondary N) is 1. The van der Waals surface area contributed by atoms with Crippen LogP contribution >= 0.6 is 0 Å². The molecule has 22 heavy (non-hydrogen) atoms. The van der Waals surface area contributed by atoms with Gasteiger partial charge >= 0.3 is 6.18 Å². The number of alkyl halides is 3. The van der Waals surface area contributed by atoms with Crippen molar-refractivity contribution in [1.82, 2.24) is 5.32 Å². The zero-order valence-corrected chi connectivity index (χ0v) is 11.9. The molecule has 0 amide bonds. The van der Waals surface area contributed by atoms with E-state index >= 15 is 0 Å². The lowest BCUT2D eigenvalue weighted by atomic mass is 9.95. The molecule has 0 bridgehead atoms. The molecular formula is C15H17F3N2O2. The second-order valence-electron chi connectivity index (χ2n) is 5.39. The van der Waals surface area contributed by atoms with Gasteiger partial charge in [0.2, 0.25) is 0 Å². The minimum absolute atomic E-state index is 0.157. The van der Waals surface area contributed by atoms with Crippen LogP contribution in [0.5, 0.6) is 0 Å².